The average molecular weight is 205 g/mol. The van der Waals surface area contributed by atoms with Crippen molar-refractivity contribution in [2.24, 2.45) is 0 Å². The number of furan rings is 1. The molecule has 1 atom stereocenters. The van der Waals surface area contributed by atoms with Crippen LogP contribution in [0.2, 0.25) is 0 Å². The summed E-state index contributed by atoms with van der Waals surface area (Å²) in [5.74, 6) is -0.226. The van der Waals surface area contributed by atoms with Crippen molar-refractivity contribution < 1.29 is 8.81 Å². The third-order valence-electron chi connectivity index (χ3n) is 2.35. The predicted molar refractivity (Wildman–Crippen MR) is 56.0 cm³/mol. The molecule has 0 aliphatic carbocycles. The van der Waals surface area contributed by atoms with Gasteiger partial charge >= 0.3 is 0 Å². The van der Waals surface area contributed by atoms with Crippen LogP contribution in [0.25, 0.3) is 0 Å². The summed E-state index contributed by atoms with van der Waals surface area (Å²) in [6.45, 7) is 0. The molecule has 15 heavy (non-hydrogen) atoms. The van der Waals surface area contributed by atoms with Gasteiger partial charge in [0.15, 0.2) is 0 Å². The van der Waals surface area contributed by atoms with Crippen molar-refractivity contribution in [2.75, 3.05) is 7.05 Å². The molecular formula is C12H12FNO. The highest BCUT2D eigenvalue weighted by atomic mass is 19.1. The number of rotatable bonds is 3. The van der Waals surface area contributed by atoms with E-state index in [1.54, 1.807) is 18.6 Å². The van der Waals surface area contributed by atoms with Crippen LogP contribution in [0.1, 0.15) is 17.2 Å². The number of halogens is 1. The monoisotopic (exact) mass is 205 g/mol. The van der Waals surface area contributed by atoms with E-state index in [2.05, 4.69) is 5.32 Å². The summed E-state index contributed by atoms with van der Waals surface area (Å²) in [5, 5.41) is 3.12. The van der Waals surface area contributed by atoms with E-state index in [-0.39, 0.29) is 11.9 Å². The van der Waals surface area contributed by atoms with Crippen LogP contribution in [0, 0.1) is 5.82 Å². The maximum Gasteiger partial charge on any atom is 0.123 e. The molecule has 0 radical (unpaired) electrons. The first kappa shape index (κ1) is 9.93. The zero-order valence-electron chi connectivity index (χ0n) is 8.41. The number of hydrogen-bond donors (Lipinski definition) is 1. The van der Waals surface area contributed by atoms with Gasteiger partial charge in [-0.05, 0) is 30.8 Å². The van der Waals surface area contributed by atoms with E-state index in [0.29, 0.717) is 0 Å². The highest BCUT2D eigenvalue weighted by Crippen LogP contribution is 2.22. The zero-order chi connectivity index (χ0) is 10.7. The first-order valence-corrected chi connectivity index (χ1v) is 4.76. The lowest BCUT2D eigenvalue weighted by Crippen LogP contribution is -2.17. The van der Waals surface area contributed by atoms with E-state index in [4.69, 9.17) is 4.42 Å². The molecule has 0 amide bonds. The molecule has 2 rings (SSSR count). The fourth-order valence-electron chi connectivity index (χ4n) is 1.65. The topological polar surface area (TPSA) is 25.2 Å². The Kier molecular flexibility index (Phi) is 2.83. The van der Waals surface area contributed by atoms with Crippen molar-refractivity contribution in [3.63, 3.8) is 0 Å². The van der Waals surface area contributed by atoms with E-state index in [9.17, 15) is 4.39 Å². The molecule has 0 bridgehead atoms. The lowest BCUT2D eigenvalue weighted by Gasteiger charge is -2.14. The van der Waals surface area contributed by atoms with Crippen LogP contribution in [0.15, 0.2) is 47.3 Å². The fraction of sp³-hybridized carbons (Fsp3) is 0.167. The molecule has 0 aliphatic rings. The zero-order valence-corrected chi connectivity index (χ0v) is 8.41. The molecule has 1 aromatic carbocycles. The highest BCUT2D eigenvalue weighted by molar-refractivity contribution is 5.29. The normalized spacial score (nSPS) is 12.7. The lowest BCUT2D eigenvalue weighted by molar-refractivity contribution is 0.556. The van der Waals surface area contributed by atoms with Crippen molar-refractivity contribution in [3.8, 4) is 0 Å². The molecular weight excluding hydrogens is 193 g/mol. The van der Waals surface area contributed by atoms with Crippen molar-refractivity contribution in [1.29, 1.82) is 0 Å². The quantitative estimate of drug-likeness (QED) is 0.833. The van der Waals surface area contributed by atoms with Gasteiger partial charge in [-0.2, -0.15) is 0 Å². The van der Waals surface area contributed by atoms with Crippen LogP contribution < -0.4 is 5.32 Å². The Labute approximate surface area is 87.7 Å². The standard InChI is InChI=1S/C12H12FNO/c1-14-12(10-5-6-15-8-10)9-3-2-4-11(13)7-9/h2-8,12,14H,1H3. The Hall–Kier alpha value is -1.61. The molecule has 0 saturated carbocycles. The largest absolute Gasteiger partial charge is 0.472 e. The smallest absolute Gasteiger partial charge is 0.123 e. The molecule has 1 aromatic heterocycles. The first-order chi connectivity index (χ1) is 7.31. The minimum absolute atomic E-state index is 0.0283. The Morgan fingerprint density at radius 1 is 1.27 bits per heavy atom. The van der Waals surface area contributed by atoms with Gasteiger partial charge in [-0.25, -0.2) is 4.39 Å². The first-order valence-electron chi connectivity index (χ1n) is 4.76. The third-order valence-corrected chi connectivity index (χ3v) is 2.35. The minimum atomic E-state index is -0.226. The molecule has 0 fully saturated rings. The summed E-state index contributed by atoms with van der Waals surface area (Å²) < 4.78 is 18.1. The van der Waals surface area contributed by atoms with Gasteiger partial charge in [0.25, 0.3) is 0 Å². The second-order valence-electron chi connectivity index (χ2n) is 3.33. The van der Waals surface area contributed by atoms with Crippen LogP contribution >= 0.6 is 0 Å². The van der Waals surface area contributed by atoms with Crippen LogP contribution in [0.4, 0.5) is 4.39 Å². The Balaban J connectivity index is 2.35. The molecule has 1 heterocycles. The van der Waals surface area contributed by atoms with E-state index in [1.165, 1.54) is 12.1 Å². The van der Waals surface area contributed by atoms with Crippen LogP contribution in [0.5, 0.6) is 0 Å². The Bertz CT molecular complexity index is 425. The maximum absolute atomic E-state index is 13.1. The van der Waals surface area contributed by atoms with Crippen LogP contribution in [-0.2, 0) is 0 Å². The van der Waals surface area contributed by atoms with Gasteiger partial charge in [0, 0.05) is 5.56 Å². The summed E-state index contributed by atoms with van der Waals surface area (Å²) >= 11 is 0. The van der Waals surface area contributed by atoms with E-state index < -0.39 is 0 Å². The molecule has 0 aliphatic heterocycles. The molecule has 3 heteroatoms. The second kappa shape index (κ2) is 4.28. The van der Waals surface area contributed by atoms with Gasteiger partial charge < -0.3 is 9.73 Å². The third kappa shape index (κ3) is 2.07. The lowest BCUT2D eigenvalue weighted by atomic mass is 10.0. The molecule has 78 valence electrons. The maximum atomic E-state index is 13.1. The van der Waals surface area contributed by atoms with E-state index in [1.807, 2.05) is 19.2 Å². The van der Waals surface area contributed by atoms with Gasteiger partial charge in [-0.15, -0.1) is 0 Å². The molecule has 0 spiro atoms. The Morgan fingerprint density at radius 3 is 2.73 bits per heavy atom. The van der Waals surface area contributed by atoms with E-state index in [0.717, 1.165) is 11.1 Å². The predicted octanol–water partition coefficient (Wildman–Crippen LogP) is 2.73. The molecule has 1 N–H and O–H groups in total. The van der Waals surface area contributed by atoms with Gasteiger partial charge in [-0.3, -0.25) is 0 Å². The molecule has 2 aromatic rings. The SMILES string of the molecule is CNC(c1ccoc1)c1cccc(F)c1. The molecule has 2 nitrogen and oxygen atoms in total. The summed E-state index contributed by atoms with van der Waals surface area (Å²) in [7, 11) is 1.84. The number of benzene rings is 1. The van der Waals surface area contributed by atoms with Gasteiger partial charge in [0.05, 0.1) is 18.6 Å². The molecule has 1 unspecified atom stereocenters. The summed E-state index contributed by atoms with van der Waals surface area (Å²) in [4.78, 5) is 0. The van der Waals surface area contributed by atoms with Gasteiger partial charge in [0.1, 0.15) is 5.82 Å². The van der Waals surface area contributed by atoms with Gasteiger partial charge in [-0.1, -0.05) is 12.1 Å². The number of nitrogens with one attached hydrogen (secondary N) is 1. The summed E-state index contributed by atoms with van der Waals surface area (Å²) in [6, 6.07) is 8.39. The van der Waals surface area contributed by atoms with Gasteiger partial charge in [0.2, 0.25) is 0 Å². The van der Waals surface area contributed by atoms with Crippen molar-refractivity contribution in [2.45, 2.75) is 6.04 Å². The number of hydrogen-bond acceptors (Lipinski definition) is 2. The fourth-order valence-corrected chi connectivity index (χ4v) is 1.65. The van der Waals surface area contributed by atoms with Crippen LogP contribution in [-0.4, -0.2) is 7.05 Å². The summed E-state index contributed by atoms with van der Waals surface area (Å²) in [6.07, 6.45) is 3.27. The second-order valence-corrected chi connectivity index (χ2v) is 3.33. The van der Waals surface area contributed by atoms with Crippen molar-refractivity contribution >= 4 is 0 Å². The highest BCUT2D eigenvalue weighted by Gasteiger charge is 2.13. The summed E-state index contributed by atoms with van der Waals surface area (Å²) in [5.41, 5.74) is 1.88. The molecule has 0 saturated heterocycles. The van der Waals surface area contributed by atoms with Crippen LogP contribution in [0.3, 0.4) is 0 Å². The van der Waals surface area contributed by atoms with E-state index >= 15 is 0 Å². The minimum Gasteiger partial charge on any atom is -0.472 e. The average Bonchev–Trinajstić information content (AvgIpc) is 2.72. The van der Waals surface area contributed by atoms with Crippen molar-refractivity contribution in [1.82, 2.24) is 5.32 Å². The van der Waals surface area contributed by atoms with Crippen molar-refractivity contribution in [3.05, 3.63) is 59.8 Å². The Morgan fingerprint density at radius 2 is 2.13 bits per heavy atom.